The maximum Gasteiger partial charge on any atom is 0.270 e. The summed E-state index contributed by atoms with van der Waals surface area (Å²) in [5.41, 5.74) is 1.83. The normalized spacial score (nSPS) is 15.8. The Labute approximate surface area is 153 Å². The molecule has 0 spiro atoms. The van der Waals surface area contributed by atoms with Gasteiger partial charge in [-0.15, -0.1) is 0 Å². The number of benzene rings is 1. The van der Waals surface area contributed by atoms with Gasteiger partial charge < -0.3 is 5.32 Å². The number of piperidine rings is 1. The summed E-state index contributed by atoms with van der Waals surface area (Å²) in [6.45, 7) is 2.91. The highest BCUT2D eigenvalue weighted by molar-refractivity contribution is 7.97. The molecule has 0 radical (unpaired) electrons. The molecule has 1 fully saturated rings. The summed E-state index contributed by atoms with van der Waals surface area (Å²) in [7, 11) is 0. The van der Waals surface area contributed by atoms with E-state index in [1.165, 1.54) is 11.9 Å². The molecule has 25 heavy (non-hydrogen) atoms. The van der Waals surface area contributed by atoms with Gasteiger partial charge in [0.05, 0.1) is 0 Å². The number of amides is 1. The summed E-state index contributed by atoms with van der Waals surface area (Å²) in [6, 6.07) is 12.3. The van der Waals surface area contributed by atoms with Crippen molar-refractivity contribution in [3.8, 4) is 0 Å². The first-order valence-corrected chi connectivity index (χ1v) is 9.71. The second kappa shape index (κ2) is 9.53. The molecule has 1 aromatic heterocycles. The molecule has 1 aliphatic heterocycles. The average molecular weight is 356 g/mol. The zero-order chi connectivity index (χ0) is 17.3. The number of aryl methyl sites for hydroxylation is 1. The molecule has 1 saturated heterocycles. The lowest BCUT2D eigenvalue weighted by Crippen LogP contribution is -2.36. The highest BCUT2D eigenvalue weighted by atomic mass is 32.2. The second-order valence-corrected chi connectivity index (χ2v) is 7.43. The first-order chi connectivity index (χ1) is 12.3. The molecular formula is C19H24N4OS. The van der Waals surface area contributed by atoms with E-state index in [1.807, 2.05) is 11.9 Å². The van der Waals surface area contributed by atoms with Crippen LogP contribution in [-0.4, -0.2) is 45.6 Å². The Morgan fingerprint density at radius 1 is 1.20 bits per heavy atom. The molecule has 0 bridgehead atoms. The van der Waals surface area contributed by atoms with Crippen LogP contribution in [0.15, 0.2) is 48.9 Å². The molecule has 0 aliphatic carbocycles. The monoisotopic (exact) mass is 356 g/mol. The fraction of sp³-hybridized carbons (Fsp3) is 0.421. The van der Waals surface area contributed by atoms with Gasteiger partial charge in [-0.05, 0) is 36.8 Å². The number of rotatable bonds is 7. The summed E-state index contributed by atoms with van der Waals surface area (Å²) < 4.78 is 2.46. The van der Waals surface area contributed by atoms with Crippen LogP contribution in [0.4, 0.5) is 0 Å². The van der Waals surface area contributed by atoms with Crippen LogP contribution in [0.1, 0.15) is 28.9 Å². The van der Waals surface area contributed by atoms with Crippen molar-refractivity contribution in [2.75, 3.05) is 25.4 Å². The summed E-state index contributed by atoms with van der Waals surface area (Å²) in [5.74, 6) is 1.57. The van der Waals surface area contributed by atoms with Crippen molar-refractivity contribution >= 4 is 17.9 Å². The number of carbonyl (C=O) groups is 1. The maximum absolute atomic E-state index is 12.0. The summed E-state index contributed by atoms with van der Waals surface area (Å²) in [6.07, 6.45) is 6.36. The molecular weight excluding hydrogens is 332 g/mol. The Morgan fingerprint density at radius 2 is 2.00 bits per heavy atom. The van der Waals surface area contributed by atoms with E-state index in [0.717, 1.165) is 44.6 Å². The van der Waals surface area contributed by atoms with Crippen LogP contribution in [0.25, 0.3) is 0 Å². The quantitative estimate of drug-likeness (QED) is 0.773. The third-order valence-corrected chi connectivity index (χ3v) is 5.56. The third kappa shape index (κ3) is 5.83. The van der Waals surface area contributed by atoms with Gasteiger partial charge in [0.1, 0.15) is 12.0 Å². The van der Waals surface area contributed by atoms with Crippen molar-refractivity contribution in [3.05, 3.63) is 60.2 Å². The van der Waals surface area contributed by atoms with Crippen molar-refractivity contribution in [2.24, 2.45) is 5.92 Å². The molecule has 1 aromatic carbocycles. The van der Waals surface area contributed by atoms with Gasteiger partial charge in [-0.2, -0.15) is 0 Å². The number of hydrogen-bond donors (Lipinski definition) is 1. The van der Waals surface area contributed by atoms with Crippen LogP contribution in [0.3, 0.4) is 0 Å². The van der Waals surface area contributed by atoms with E-state index in [-0.39, 0.29) is 5.91 Å². The van der Waals surface area contributed by atoms with Crippen molar-refractivity contribution in [1.29, 1.82) is 0 Å². The molecule has 0 atom stereocenters. The molecule has 3 rings (SSSR count). The van der Waals surface area contributed by atoms with Crippen molar-refractivity contribution < 1.29 is 4.79 Å². The summed E-state index contributed by atoms with van der Waals surface area (Å²) in [5, 5.41) is 2.99. The Balaban J connectivity index is 1.31. The third-order valence-electron chi connectivity index (χ3n) is 4.45. The lowest BCUT2D eigenvalue weighted by atomic mass is 9.98. The van der Waals surface area contributed by atoms with Crippen LogP contribution in [0.2, 0.25) is 0 Å². The molecule has 1 aliphatic rings. The average Bonchev–Trinajstić information content (AvgIpc) is 2.68. The van der Waals surface area contributed by atoms with Crippen LogP contribution < -0.4 is 5.32 Å². The van der Waals surface area contributed by atoms with E-state index in [2.05, 4.69) is 49.9 Å². The highest BCUT2D eigenvalue weighted by Crippen LogP contribution is 2.23. The Hall–Kier alpha value is -1.92. The van der Waals surface area contributed by atoms with Gasteiger partial charge in [-0.3, -0.25) is 9.10 Å². The van der Waals surface area contributed by atoms with Crippen LogP contribution in [-0.2, 0) is 6.42 Å². The Kier molecular flexibility index (Phi) is 6.82. The molecule has 6 heteroatoms. The summed E-state index contributed by atoms with van der Waals surface area (Å²) in [4.78, 5) is 19.8. The minimum absolute atomic E-state index is 0.109. The van der Waals surface area contributed by atoms with Gasteiger partial charge in [-0.25, -0.2) is 9.97 Å². The molecule has 1 N–H and O–H groups in total. The number of carbonyl (C=O) groups excluding carboxylic acids is 1. The van der Waals surface area contributed by atoms with Crippen LogP contribution >= 0.6 is 11.9 Å². The number of aromatic nitrogens is 2. The Bertz CT molecular complexity index is 645. The van der Waals surface area contributed by atoms with Crippen LogP contribution in [0.5, 0.6) is 0 Å². The number of hydrogen-bond acceptors (Lipinski definition) is 5. The molecule has 5 nitrogen and oxygen atoms in total. The summed E-state index contributed by atoms with van der Waals surface area (Å²) >= 11 is 1.94. The lowest BCUT2D eigenvalue weighted by molar-refractivity contribution is 0.0937. The molecule has 2 aromatic rings. The van der Waals surface area contributed by atoms with E-state index in [0.29, 0.717) is 11.6 Å². The van der Waals surface area contributed by atoms with Gasteiger partial charge in [0.15, 0.2) is 0 Å². The fourth-order valence-electron chi connectivity index (χ4n) is 2.93. The predicted octanol–water partition coefficient (Wildman–Crippen LogP) is 2.81. The number of nitrogens with zero attached hydrogens (tertiary/aromatic N) is 3. The first-order valence-electron chi connectivity index (χ1n) is 8.77. The molecule has 2 heterocycles. The van der Waals surface area contributed by atoms with E-state index >= 15 is 0 Å². The zero-order valence-corrected chi connectivity index (χ0v) is 15.1. The van der Waals surface area contributed by atoms with Gasteiger partial charge in [0.25, 0.3) is 5.91 Å². The maximum atomic E-state index is 12.0. The van der Waals surface area contributed by atoms with Crippen molar-refractivity contribution in [3.63, 3.8) is 0 Å². The smallest absolute Gasteiger partial charge is 0.270 e. The van der Waals surface area contributed by atoms with Gasteiger partial charge in [0, 0.05) is 31.6 Å². The van der Waals surface area contributed by atoms with E-state index in [9.17, 15) is 4.79 Å². The minimum atomic E-state index is -0.109. The van der Waals surface area contributed by atoms with E-state index in [1.54, 1.807) is 12.3 Å². The topological polar surface area (TPSA) is 58.1 Å². The fourth-order valence-corrected chi connectivity index (χ4v) is 3.99. The standard InChI is InChI=1S/C19H24N4OS/c24-19(18-6-10-20-15-22-18)21-14-17-7-11-23(12-8-17)25-13-9-16-4-2-1-3-5-16/h1-6,10,15,17H,7-9,11-14H2,(H,21,24). The lowest BCUT2D eigenvalue weighted by Gasteiger charge is -2.31. The van der Waals surface area contributed by atoms with Crippen molar-refractivity contribution in [1.82, 2.24) is 19.6 Å². The van der Waals surface area contributed by atoms with E-state index in [4.69, 9.17) is 0 Å². The second-order valence-electron chi connectivity index (χ2n) is 6.25. The van der Waals surface area contributed by atoms with Gasteiger partial charge in [-0.1, -0.05) is 42.3 Å². The predicted molar refractivity (Wildman–Crippen MR) is 101 cm³/mol. The molecule has 0 saturated carbocycles. The van der Waals surface area contributed by atoms with Gasteiger partial charge in [0.2, 0.25) is 0 Å². The first kappa shape index (κ1) is 17.9. The molecule has 132 valence electrons. The molecule has 0 unspecified atom stereocenters. The number of nitrogens with one attached hydrogen (secondary N) is 1. The molecule has 1 amide bonds. The largest absolute Gasteiger partial charge is 0.350 e. The van der Waals surface area contributed by atoms with E-state index < -0.39 is 0 Å². The highest BCUT2D eigenvalue weighted by Gasteiger charge is 2.20. The van der Waals surface area contributed by atoms with Crippen LogP contribution in [0, 0.1) is 5.92 Å². The minimum Gasteiger partial charge on any atom is -0.350 e. The SMILES string of the molecule is O=C(NCC1CCN(SCCc2ccccc2)CC1)c1ccncn1. The zero-order valence-electron chi connectivity index (χ0n) is 14.3. The van der Waals surface area contributed by atoms with Gasteiger partial charge >= 0.3 is 0 Å². The van der Waals surface area contributed by atoms with Crippen molar-refractivity contribution in [2.45, 2.75) is 19.3 Å². The Morgan fingerprint density at radius 3 is 2.72 bits per heavy atom.